The Kier molecular flexibility index (Phi) is 6.64. The summed E-state index contributed by atoms with van der Waals surface area (Å²) < 4.78 is 8.45. The van der Waals surface area contributed by atoms with Gasteiger partial charge in [0.05, 0.1) is 28.5 Å². The fourth-order valence-corrected chi connectivity index (χ4v) is 2.62. The van der Waals surface area contributed by atoms with E-state index in [0.717, 1.165) is 29.7 Å². The van der Waals surface area contributed by atoms with Gasteiger partial charge in [-0.15, -0.1) is 0 Å². The first-order valence-electron chi connectivity index (χ1n) is 7.03. The monoisotopic (exact) mass is 347 g/mol. The molecule has 0 aliphatic heterocycles. The van der Waals surface area contributed by atoms with Crippen LogP contribution < -0.4 is 0 Å². The highest BCUT2D eigenvalue weighted by molar-refractivity contribution is 9.10. The second-order valence-corrected chi connectivity index (χ2v) is 6.26. The molecule has 0 bridgehead atoms. The van der Waals surface area contributed by atoms with Gasteiger partial charge >= 0.3 is 0 Å². The number of rotatable bonds is 8. The molecule has 0 aromatic carbocycles. The van der Waals surface area contributed by atoms with Crippen LogP contribution in [0.1, 0.15) is 39.0 Å². The average molecular weight is 348 g/mol. The van der Waals surface area contributed by atoms with Gasteiger partial charge < -0.3 is 14.7 Å². The molecule has 1 rings (SSSR count). The van der Waals surface area contributed by atoms with Crippen molar-refractivity contribution < 1.29 is 9.84 Å². The number of likely N-dealkylation sites (N-methyl/N-ethyl adjacent to an activating group) is 1. The molecule has 2 unspecified atom stereocenters. The molecule has 0 radical (unpaired) electrons. The summed E-state index contributed by atoms with van der Waals surface area (Å²) >= 11 is 3.49. The zero-order valence-electron chi connectivity index (χ0n) is 13.1. The Bertz CT molecular complexity index is 423. The maximum Gasteiger partial charge on any atom is 0.125 e. The fraction of sp³-hybridized carbons (Fsp3) is 0.786. The van der Waals surface area contributed by atoms with E-state index in [0.29, 0.717) is 6.61 Å². The number of aliphatic hydroxyl groups excluding tert-OH is 1. The van der Waals surface area contributed by atoms with Gasteiger partial charge in [-0.1, -0.05) is 6.92 Å². The molecular weight excluding hydrogens is 322 g/mol. The lowest BCUT2D eigenvalue weighted by molar-refractivity contribution is -0.116. The van der Waals surface area contributed by atoms with Crippen LogP contribution in [0, 0.1) is 0 Å². The van der Waals surface area contributed by atoms with Crippen molar-refractivity contribution in [2.24, 2.45) is 0 Å². The normalized spacial score (nSPS) is 16.4. The standard InChI is InChI=1S/C14H26BrN3O2/c1-6-14(3,20-7-2)13(19)12-11(15)10-16-18(12)9-8-17(4)5/h10,13,19H,6-9H2,1-5H3. The largest absolute Gasteiger partial charge is 0.384 e. The van der Waals surface area contributed by atoms with Crippen LogP contribution in [0.15, 0.2) is 10.7 Å². The Hall–Kier alpha value is -0.430. The van der Waals surface area contributed by atoms with Gasteiger partial charge in [0, 0.05) is 13.2 Å². The molecule has 1 heterocycles. The highest BCUT2D eigenvalue weighted by Crippen LogP contribution is 2.35. The van der Waals surface area contributed by atoms with E-state index in [4.69, 9.17) is 4.74 Å². The third kappa shape index (κ3) is 4.04. The molecule has 0 spiro atoms. The number of aromatic nitrogens is 2. The van der Waals surface area contributed by atoms with Gasteiger partial charge in [-0.3, -0.25) is 4.68 Å². The molecule has 2 atom stereocenters. The van der Waals surface area contributed by atoms with Crippen LogP contribution >= 0.6 is 15.9 Å². The van der Waals surface area contributed by atoms with Gasteiger partial charge in [0.2, 0.25) is 0 Å². The Labute approximate surface area is 130 Å². The van der Waals surface area contributed by atoms with Gasteiger partial charge in [0.1, 0.15) is 6.10 Å². The molecule has 0 aliphatic carbocycles. The lowest BCUT2D eigenvalue weighted by Gasteiger charge is -2.34. The second-order valence-electron chi connectivity index (χ2n) is 5.41. The van der Waals surface area contributed by atoms with Crippen LogP contribution in [0.2, 0.25) is 0 Å². The summed E-state index contributed by atoms with van der Waals surface area (Å²) in [6.07, 6.45) is 1.75. The number of aliphatic hydroxyl groups is 1. The first-order valence-corrected chi connectivity index (χ1v) is 7.83. The third-order valence-electron chi connectivity index (χ3n) is 3.61. The predicted molar refractivity (Wildman–Crippen MR) is 83.8 cm³/mol. The van der Waals surface area contributed by atoms with Gasteiger partial charge in [-0.25, -0.2) is 0 Å². The molecule has 0 amide bonds. The number of ether oxygens (including phenoxy) is 1. The zero-order chi connectivity index (χ0) is 15.3. The molecule has 0 saturated heterocycles. The first kappa shape index (κ1) is 17.6. The minimum Gasteiger partial charge on any atom is -0.384 e. The van der Waals surface area contributed by atoms with Crippen molar-refractivity contribution in [3.8, 4) is 0 Å². The van der Waals surface area contributed by atoms with Crippen molar-refractivity contribution in [2.75, 3.05) is 27.2 Å². The van der Waals surface area contributed by atoms with E-state index in [1.165, 1.54) is 0 Å². The minimum absolute atomic E-state index is 0.574. The molecule has 20 heavy (non-hydrogen) atoms. The molecule has 6 heteroatoms. The van der Waals surface area contributed by atoms with E-state index in [1.54, 1.807) is 6.20 Å². The van der Waals surface area contributed by atoms with Crippen LogP contribution in [-0.2, 0) is 11.3 Å². The van der Waals surface area contributed by atoms with Crippen LogP contribution in [-0.4, -0.2) is 52.6 Å². The van der Waals surface area contributed by atoms with E-state index in [1.807, 2.05) is 39.5 Å². The highest BCUT2D eigenvalue weighted by atomic mass is 79.9. The third-order valence-corrected chi connectivity index (χ3v) is 4.22. The van der Waals surface area contributed by atoms with Crippen molar-refractivity contribution in [3.05, 3.63) is 16.4 Å². The Morgan fingerprint density at radius 2 is 2.15 bits per heavy atom. The molecule has 116 valence electrons. The maximum absolute atomic E-state index is 10.8. The van der Waals surface area contributed by atoms with Crippen molar-refractivity contribution in [1.82, 2.24) is 14.7 Å². The Balaban J connectivity index is 3.01. The SMILES string of the molecule is CCOC(C)(CC)C(O)c1c(Br)cnn1CCN(C)C. The summed E-state index contributed by atoms with van der Waals surface area (Å²) in [5, 5.41) is 15.1. The van der Waals surface area contributed by atoms with E-state index in [2.05, 4.69) is 25.9 Å². The van der Waals surface area contributed by atoms with E-state index in [-0.39, 0.29) is 0 Å². The lowest BCUT2D eigenvalue weighted by atomic mass is 9.93. The van der Waals surface area contributed by atoms with Gasteiger partial charge in [-0.05, 0) is 50.3 Å². The summed E-state index contributed by atoms with van der Waals surface area (Å²) in [6, 6.07) is 0. The summed E-state index contributed by atoms with van der Waals surface area (Å²) in [4.78, 5) is 2.09. The van der Waals surface area contributed by atoms with Gasteiger partial charge in [0.15, 0.2) is 0 Å². The summed E-state index contributed by atoms with van der Waals surface area (Å²) in [5.41, 5.74) is 0.178. The number of hydrogen-bond donors (Lipinski definition) is 1. The van der Waals surface area contributed by atoms with Gasteiger partial charge in [-0.2, -0.15) is 5.10 Å². The molecule has 1 aromatic rings. The van der Waals surface area contributed by atoms with E-state index in [9.17, 15) is 5.11 Å². The molecule has 0 saturated carbocycles. The van der Waals surface area contributed by atoms with Crippen molar-refractivity contribution >= 4 is 15.9 Å². The van der Waals surface area contributed by atoms with Crippen molar-refractivity contribution in [3.63, 3.8) is 0 Å². The van der Waals surface area contributed by atoms with Crippen LogP contribution in [0.4, 0.5) is 0 Å². The summed E-state index contributed by atoms with van der Waals surface area (Å²) in [7, 11) is 4.04. The minimum atomic E-state index is -0.716. The van der Waals surface area contributed by atoms with E-state index < -0.39 is 11.7 Å². The molecule has 1 N–H and O–H groups in total. The van der Waals surface area contributed by atoms with Crippen LogP contribution in [0.25, 0.3) is 0 Å². The number of halogens is 1. The average Bonchev–Trinajstić information content (AvgIpc) is 2.76. The first-order chi connectivity index (χ1) is 9.35. The quantitative estimate of drug-likeness (QED) is 0.784. The topological polar surface area (TPSA) is 50.5 Å². The summed E-state index contributed by atoms with van der Waals surface area (Å²) in [6.45, 7) is 8.08. The Morgan fingerprint density at radius 3 is 2.65 bits per heavy atom. The molecule has 0 fully saturated rings. The maximum atomic E-state index is 10.8. The number of nitrogens with zero attached hydrogens (tertiary/aromatic N) is 3. The molecule has 5 nitrogen and oxygen atoms in total. The number of hydrogen-bond acceptors (Lipinski definition) is 4. The van der Waals surface area contributed by atoms with Crippen molar-refractivity contribution in [1.29, 1.82) is 0 Å². The zero-order valence-corrected chi connectivity index (χ0v) is 14.6. The fourth-order valence-electron chi connectivity index (χ4n) is 2.11. The molecule has 1 aromatic heterocycles. The second kappa shape index (κ2) is 7.54. The van der Waals surface area contributed by atoms with Crippen LogP contribution in [0.5, 0.6) is 0 Å². The smallest absolute Gasteiger partial charge is 0.125 e. The molecular formula is C14H26BrN3O2. The highest BCUT2D eigenvalue weighted by Gasteiger charge is 2.36. The van der Waals surface area contributed by atoms with Crippen molar-refractivity contribution in [2.45, 2.75) is 45.4 Å². The van der Waals surface area contributed by atoms with Gasteiger partial charge in [0.25, 0.3) is 0 Å². The Morgan fingerprint density at radius 1 is 1.50 bits per heavy atom. The summed E-state index contributed by atoms with van der Waals surface area (Å²) in [5.74, 6) is 0. The van der Waals surface area contributed by atoms with Crippen LogP contribution in [0.3, 0.4) is 0 Å². The molecule has 0 aliphatic rings. The predicted octanol–water partition coefficient (Wildman–Crippen LogP) is 2.45. The van der Waals surface area contributed by atoms with E-state index >= 15 is 0 Å². The lowest BCUT2D eigenvalue weighted by Crippen LogP contribution is -2.37.